The van der Waals surface area contributed by atoms with Gasteiger partial charge in [0.2, 0.25) is 0 Å². The fourth-order valence-corrected chi connectivity index (χ4v) is 4.16. The molecule has 174 valence electrons. The number of benzene rings is 3. The zero-order valence-electron chi connectivity index (χ0n) is 18.3. The predicted octanol–water partition coefficient (Wildman–Crippen LogP) is 3.66. The summed E-state index contributed by atoms with van der Waals surface area (Å²) in [5.41, 5.74) is 15.3. The smallest absolute Gasteiger partial charge is 0.251 e. The summed E-state index contributed by atoms with van der Waals surface area (Å²) in [5, 5.41) is 5.55. The van der Waals surface area contributed by atoms with E-state index >= 15 is 0 Å². The lowest BCUT2D eigenvalue weighted by atomic mass is 10.0. The molecule has 0 fully saturated rings. The summed E-state index contributed by atoms with van der Waals surface area (Å²) in [5.74, 6) is 5.91. The molecule has 34 heavy (non-hydrogen) atoms. The van der Waals surface area contributed by atoms with Gasteiger partial charge in [0.25, 0.3) is 11.8 Å². The summed E-state index contributed by atoms with van der Waals surface area (Å²) in [7, 11) is 0. The van der Waals surface area contributed by atoms with Gasteiger partial charge in [-0.3, -0.25) is 9.59 Å². The Labute approximate surface area is 215 Å². The fraction of sp³-hybridized carbons (Fsp3) is 0.154. The van der Waals surface area contributed by atoms with E-state index in [0.717, 1.165) is 25.6 Å². The second kappa shape index (κ2) is 12.5. The van der Waals surface area contributed by atoms with Crippen molar-refractivity contribution in [2.24, 2.45) is 11.5 Å². The number of nitrogens with one attached hydrogen (secondary N) is 2. The molecule has 0 aromatic heterocycles. The molecule has 6 nitrogen and oxygen atoms in total. The Morgan fingerprint density at radius 2 is 1.29 bits per heavy atom. The first-order valence-corrected chi connectivity index (χ1v) is 12.2. The van der Waals surface area contributed by atoms with Gasteiger partial charge in [-0.15, -0.1) is 0 Å². The molecule has 0 radical (unpaired) electrons. The topological polar surface area (TPSA) is 110 Å². The predicted molar refractivity (Wildman–Crippen MR) is 142 cm³/mol. The molecule has 3 aromatic carbocycles. The number of rotatable bonds is 7. The molecule has 6 N–H and O–H groups in total. The van der Waals surface area contributed by atoms with Crippen LogP contribution in [0.25, 0.3) is 11.1 Å². The molecule has 0 saturated carbocycles. The Balaban J connectivity index is 1.87. The third-order valence-electron chi connectivity index (χ3n) is 4.73. The molecule has 2 amide bonds. The molecule has 0 aliphatic carbocycles. The monoisotopic (exact) mass is 582 g/mol. The van der Waals surface area contributed by atoms with Crippen LogP contribution < -0.4 is 22.1 Å². The van der Waals surface area contributed by atoms with Gasteiger partial charge in [-0.05, 0) is 59.7 Å². The number of hydrogen-bond acceptors (Lipinski definition) is 4. The van der Waals surface area contributed by atoms with Gasteiger partial charge in [0, 0.05) is 57.4 Å². The molecular weight excluding hydrogens is 560 g/mol. The minimum absolute atomic E-state index is 0.176. The minimum atomic E-state index is -0.197. The summed E-state index contributed by atoms with van der Waals surface area (Å²) >= 11 is 6.93. The third kappa shape index (κ3) is 7.27. The third-order valence-corrected chi connectivity index (χ3v) is 5.64. The quantitative estimate of drug-likeness (QED) is 0.318. The van der Waals surface area contributed by atoms with E-state index in [1.54, 1.807) is 18.2 Å². The number of carbonyl (C=O) groups excluding carboxylic acids is 2. The first-order chi connectivity index (χ1) is 16.4. The highest BCUT2D eigenvalue weighted by atomic mass is 79.9. The average Bonchev–Trinajstić information content (AvgIpc) is 2.84. The molecule has 3 aromatic rings. The van der Waals surface area contributed by atoms with Crippen LogP contribution >= 0.6 is 31.9 Å². The number of carbonyl (C=O) groups is 2. The average molecular weight is 584 g/mol. The Hall–Kier alpha value is -2.96. The molecule has 0 aliphatic rings. The van der Waals surface area contributed by atoms with Crippen LogP contribution in [0.3, 0.4) is 0 Å². The molecular formula is C26H24Br2N4O2. The second-order valence-electron chi connectivity index (χ2n) is 7.38. The lowest BCUT2D eigenvalue weighted by Gasteiger charge is -2.08. The summed E-state index contributed by atoms with van der Waals surface area (Å²) in [4.78, 5) is 24.6. The van der Waals surface area contributed by atoms with Crippen molar-refractivity contribution in [2.75, 3.05) is 26.2 Å². The van der Waals surface area contributed by atoms with Crippen molar-refractivity contribution in [2.45, 2.75) is 0 Å². The zero-order chi connectivity index (χ0) is 24.5. The van der Waals surface area contributed by atoms with Crippen LogP contribution in [-0.2, 0) is 0 Å². The maximum atomic E-state index is 12.4. The Kier molecular flexibility index (Phi) is 9.42. The van der Waals surface area contributed by atoms with E-state index in [1.807, 2.05) is 42.5 Å². The largest absolute Gasteiger partial charge is 0.351 e. The van der Waals surface area contributed by atoms with E-state index in [9.17, 15) is 9.59 Å². The van der Waals surface area contributed by atoms with Crippen LogP contribution in [0.5, 0.6) is 0 Å². The van der Waals surface area contributed by atoms with Crippen LogP contribution in [0.1, 0.15) is 31.8 Å². The van der Waals surface area contributed by atoms with Crippen LogP contribution in [0.4, 0.5) is 0 Å². The summed E-state index contributed by atoms with van der Waals surface area (Å²) in [6, 6.07) is 18.7. The van der Waals surface area contributed by atoms with E-state index in [0.29, 0.717) is 42.9 Å². The fourth-order valence-electron chi connectivity index (χ4n) is 3.18. The van der Waals surface area contributed by atoms with Gasteiger partial charge in [-0.1, -0.05) is 55.8 Å². The SMILES string of the molecule is NCCNC(=O)c1cc(Br)cc(C#Cc2cccc(-c3cc(Br)cc(C(=O)NCCN)c3)c2)c1. The molecule has 0 atom stereocenters. The van der Waals surface area contributed by atoms with Gasteiger partial charge in [0.05, 0.1) is 0 Å². The van der Waals surface area contributed by atoms with Crippen molar-refractivity contribution in [1.29, 1.82) is 0 Å². The molecule has 0 bridgehead atoms. The van der Waals surface area contributed by atoms with Gasteiger partial charge < -0.3 is 22.1 Å². The second-order valence-corrected chi connectivity index (χ2v) is 9.21. The number of halogens is 2. The van der Waals surface area contributed by atoms with Crippen molar-refractivity contribution in [1.82, 2.24) is 10.6 Å². The Morgan fingerprint density at radius 3 is 1.94 bits per heavy atom. The molecule has 0 unspecified atom stereocenters. The molecule has 3 rings (SSSR count). The normalized spacial score (nSPS) is 10.2. The van der Waals surface area contributed by atoms with E-state index in [4.69, 9.17) is 11.5 Å². The van der Waals surface area contributed by atoms with Crippen LogP contribution in [0.2, 0.25) is 0 Å². The van der Waals surface area contributed by atoms with Crippen molar-refractivity contribution >= 4 is 43.7 Å². The zero-order valence-corrected chi connectivity index (χ0v) is 21.5. The molecule has 0 heterocycles. The number of nitrogens with two attached hydrogens (primary N) is 2. The summed E-state index contributed by atoms with van der Waals surface area (Å²) in [6.07, 6.45) is 0. The van der Waals surface area contributed by atoms with Gasteiger partial charge in [-0.25, -0.2) is 0 Å². The van der Waals surface area contributed by atoms with Gasteiger partial charge >= 0.3 is 0 Å². The van der Waals surface area contributed by atoms with Gasteiger partial charge in [0.15, 0.2) is 0 Å². The van der Waals surface area contributed by atoms with Crippen LogP contribution in [0, 0.1) is 11.8 Å². The summed E-state index contributed by atoms with van der Waals surface area (Å²) in [6.45, 7) is 1.58. The lowest BCUT2D eigenvalue weighted by Crippen LogP contribution is -2.29. The number of amides is 2. The van der Waals surface area contributed by atoms with Crippen molar-refractivity contribution < 1.29 is 9.59 Å². The highest BCUT2D eigenvalue weighted by Crippen LogP contribution is 2.26. The van der Waals surface area contributed by atoms with Crippen molar-refractivity contribution in [3.8, 4) is 23.0 Å². The Morgan fingerprint density at radius 1 is 0.706 bits per heavy atom. The molecule has 0 saturated heterocycles. The van der Waals surface area contributed by atoms with Gasteiger partial charge in [0.1, 0.15) is 0 Å². The highest BCUT2D eigenvalue weighted by molar-refractivity contribution is 9.10. The standard InChI is InChI=1S/C26H24Br2N4O2/c27-23-12-18(11-21(15-23)25(33)31-8-6-29)5-4-17-2-1-3-19(10-17)20-13-22(16-24(28)14-20)26(34)32-9-7-30/h1-3,10-16H,6-9,29-30H2,(H,31,33)(H,32,34). The van der Waals surface area contributed by atoms with E-state index in [2.05, 4.69) is 54.3 Å². The maximum absolute atomic E-state index is 12.4. The number of hydrogen-bond donors (Lipinski definition) is 4. The van der Waals surface area contributed by atoms with E-state index in [1.165, 1.54) is 0 Å². The maximum Gasteiger partial charge on any atom is 0.251 e. The first kappa shape index (κ1) is 25.7. The van der Waals surface area contributed by atoms with Crippen molar-refractivity contribution in [3.63, 3.8) is 0 Å². The molecule has 8 heteroatoms. The highest BCUT2D eigenvalue weighted by Gasteiger charge is 2.10. The lowest BCUT2D eigenvalue weighted by molar-refractivity contribution is 0.0946. The Bertz CT molecular complexity index is 1270. The first-order valence-electron chi connectivity index (χ1n) is 10.6. The van der Waals surface area contributed by atoms with Gasteiger partial charge in [-0.2, -0.15) is 0 Å². The summed E-state index contributed by atoms with van der Waals surface area (Å²) < 4.78 is 1.56. The van der Waals surface area contributed by atoms with E-state index in [-0.39, 0.29) is 11.8 Å². The molecule has 0 spiro atoms. The van der Waals surface area contributed by atoms with E-state index < -0.39 is 0 Å². The van der Waals surface area contributed by atoms with Crippen LogP contribution in [0.15, 0.2) is 69.6 Å². The molecule has 0 aliphatic heterocycles. The minimum Gasteiger partial charge on any atom is -0.351 e. The van der Waals surface area contributed by atoms with Crippen LogP contribution in [-0.4, -0.2) is 38.0 Å². The van der Waals surface area contributed by atoms with Crippen molar-refractivity contribution in [3.05, 3.63) is 91.9 Å².